The van der Waals surface area contributed by atoms with Gasteiger partial charge in [0.25, 0.3) is 5.91 Å². The zero-order valence-corrected chi connectivity index (χ0v) is 15.2. The van der Waals surface area contributed by atoms with E-state index in [9.17, 15) is 9.59 Å². The van der Waals surface area contributed by atoms with Gasteiger partial charge in [0.15, 0.2) is 11.5 Å². The average molecular weight is 378 g/mol. The van der Waals surface area contributed by atoms with Gasteiger partial charge in [-0.05, 0) is 42.8 Å². The molecule has 26 heavy (non-hydrogen) atoms. The first-order valence-electron chi connectivity index (χ1n) is 7.97. The number of ether oxygens (including phenoxy) is 2. The normalized spacial score (nSPS) is 11.5. The van der Waals surface area contributed by atoms with E-state index in [1.807, 2.05) is 12.1 Å². The van der Waals surface area contributed by atoms with Crippen LogP contribution >= 0.6 is 11.6 Å². The second-order valence-corrected chi connectivity index (χ2v) is 6.19. The second-order valence-electron chi connectivity index (χ2n) is 5.75. The van der Waals surface area contributed by atoms with Gasteiger partial charge < -0.3 is 19.9 Å². The molecule has 0 fully saturated rings. The fourth-order valence-electron chi connectivity index (χ4n) is 2.29. The third-order valence-electron chi connectivity index (χ3n) is 3.59. The van der Waals surface area contributed by atoms with E-state index in [2.05, 4.69) is 5.32 Å². The molecular formula is C19H20ClNO5. The number of hydrogen-bond acceptors (Lipinski definition) is 4. The summed E-state index contributed by atoms with van der Waals surface area (Å²) in [5.74, 6) is -0.433. The number of aliphatic carboxylic acids is 1. The van der Waals surface area contributed by atoms with Gasteiger partial charge in [-0.15, -0.1) is 0 Å². The van der Waals surface area contributed by atoms with Crippen molar-refractivity contribution in [3.8, 4) is 11.5 Å². The summed E-state index contributed by atoms with van der Waals surface area (Å²) in [6.45, 7) is 1.96. The molecule has 0 aliphatic heterocycles. The molecule has 0 aliphatic rings. The highest BCUT2D eigenvalue weighted by atomic mass is 35.5. The highest BCUT2D eigenvalue weighted by Gasteiger charge is 2.15. The van der Waals surface area contributed by atoms with E-state index in [1.165, 1.54) is 7.11 Å². The summed E-state index contributed by atoms with van der Waals surface area (Å²) in [4.78, 5) is 22.9. The van der Waals surface area contributed by atoms with Crippen molar-refractivity contribution in [2.75, 3.05) is 7.11 Å². The van der Waals surface area contributed by atoms with Gasteiger partial charge in [0.2, 0.25) is 0 Å². The molecule has 2 N–H and O–H groups in total. The van der Waals surface area contributed by atoms with E-state index < -0.39 is 12.0 Å². The van der Waals surface area contributed by atoms with Crippen LogP contribution in [0, 0.1) is 0 Å². The van der Waals surface area contributed by atoms with Gasteiger partial charge in [0.05, 0.1) is 13.5 Å². The Hall–Kier alpha value is -2.73. The molecule has 0 heterocycles. The summed E-state index contributed by atoms with van der Waals surface area (Å²) in [7, 11) is 1.49. The molecule has 2 aromatic carbocycles. The third-order valence-corrected chi connectivity index (χ3v) is 3.84. The summed E-state index contributed by atoms with van der Waals surface area (Å²) in [5, 5.41) is 12.0. The standard InChI is InChI=1S/C19H20ClNO5/c1-12(9-18(22)23)21-19(24)14-5-8-16(17(10-14)25-2)26-11-13-3-6-15(20)7-4-13/h3-8,10,12H,9,11H2,1-2H3,(H,21,24)(H,22,23). The lowest BCUT2D eigenvalue weighted by Gasteiger charge is -2.14. The highest BCUT2D eigenvalue weighted by Crippen LogP contribution is 2.29. The van der Waals surface area contributed by atoms with Crippen molar-refractivity contribution in [3.63, 3.8) is 0 Å². The average Bonchev–Trinajstić information content (AvgIpc) is 2.60. The number of carbonyl (C=O) groups excluding carboxylic acids is 1. The lowest BCUT2D eigenvalue weighted by molar-refractivity contribution is -0.137. The zero-order valence-electron chi connectivity index (χ0n) is 14.5. The number of methoxy groups -OCH3 is 1. The molecule has 7 heteroatoms. The van der Waals surface area contributed by atoms with Gasteiger partial charge in [-0.25, -0.2) is 0 Å². The van der Waals surface area contributed by atoms with Gasteiger partial charge in [-0.2, -0.15) is 0 Å². The minimum atomic E-state index is -0.971. The fourth-order valence-corrected chi connectivity index (χ4v) is 2.42. The van der Waals surface area contributed by atoms with Gasteiger partial charge in [-0.3, -0.25) is 9.59 Å². The predicted octanol–water partition coefficient (Wildman–Crippen LogP) is 3.52. The minimum Gasteiger partial charge on any atom is -0.493 e. The predicted molar refractivity (Wildman–Crippen MR) is 98.0 cm³/mol. The summed E-state index contributed by atoms with van der Waals surface area (Å²) in [5.41, 5.74) is 1.30. The lowest BCUT2D eigenvalue weighted by Crippen LogP contribution is -2.34. The van der Waals surface area contributed by atoms with E-state index in [4.69, 9.17) is 26.2 Å². The number of nitrogens with one attached hydrogen (secondary N) is 1. The molecule has 1 amide bonds. The number of carboxylic acid groups (broad SMARTS) is 1. The van der Waals surface area contributed by atoms with Crippen molar-refractivity contribution < 1.29 is 24.2 Å². The van der Waals surface area contributed by atoms with Crippen molar-refractivity contribution in [2.24, 2.45) is 0 Å². The first kappa shape index (κ1) is 19.6. The van der Waals surface area contributed by atoms with Crippen molar-refractivity contribution >= 4 is 23.5 Å². The van der Waals surface area contributed by atoms with E-state index in [0.717, 1.165) is 5.56 Å². The highest BCUT2D eigenvalue weighted by molar-refractivity contribution is 6.30. The molecular weight excluding hydrogens is 358 g/mol. The SMILES string of the molecule is COc1cc(C(=O)NC(C)CC(=O)O)ccc1OCc1ccc(Cl)cc1. The molecule has 138 valence electrons. The molecule has 0 aliphatic carbocycles. The van der Waals surface area contributed by atoms with Crippen LogP contribution in [0.5, 0.6) is 11.5 Å². The maximum atomic E-state index is 12.2. The molecule has 0 saturated carbocycles. The second kappa shape index (κ2) is 9.10. The number of carbonyl (C=O) groups is 2. The summed E-state index contributed by atoms with van der Waals surface area (Å²) < 4.78 is 11.0. The molecule has 1 unspecified atom stereocenters. The Bertz CT molecular complexity index is 776. The Morgan fingerprint density at radius 1 is 1.15 bits per heavy atom. The van der Waals surface area contributed by atoms with Crippen molar-refractivity contribution in [1.29, 1.82) is 0 Å². The molecule has 0 bridgehead atoms. The van der Waals surface area contributed by atoms with Gasteiger partial charge in [0.1, 0.15) is 6.61 Å². The van der Waals surface area contributed by atoms with E-state index in [-0.39, 0.29) is 12.3 Å². The monoisotopic (exact) mass is 377 g/mol. The maximum absolute atomic E-state index is 12.2. The Balaban J connectivity index is 2.05. The summed E-state index contributed by atoms with van der Waals surface area (Å²) >= 11 is 5.86. The van der Waals surface area contributed by atoms with Crippen LogP contribution in [0.4, 0.5) is 0 Å². The van der Waals surface area contributed by atoms with Crippen molar-refractivity contribution in [1.82, 2.24) is 5.32 Å². The largest absolute Gasteiger partial charge is 0.493 e. The number of rotatable bonds is 8. The number of halogens is 1. The van der Waals surface area contributed by atoms with Crippen LogP contribution in [0.1, 0.15) is 29.3 Å². The van der Waals surface area contributed by atoms with Gasteiger partial charge in [-0.1, -0.05) is 23.7 Å². The molecule has 0 spiro atoms. The fraction of sp³-hybridized carbons (Fsp3) is 0.263. The first-order chi connectivity index (χ1) is 12.4. The Morgan fingerprint density at radius 3 is 2.46 bits per heavy atom. The molecule has 0 aromatic heterocycles. The quantitative estimate of drug-likeness (QED) is 0.735. The molecule has 6 nitrogen and oxygen atoms in total. The maximum Gasteiger partial charge on any atom is 0.305 e. The van der Waals surface area contributed by atoms with E-state index in [0.29, 0.717) is 28.7 Å². The molecule has 2 rings (SSSR count). The van der Waals surface area contributed by atoms with Crippen LogP contribution in [0.25, 0.3) is 0 Å². The number of benzene rings is 2. The van der Waals surface area contributed by atoms with Gasteiger partial charge >= 0.3 is 5.97 Å². The summed E-state index contributed by atoms with van der Waals surface area (Å²) in [6, 6.07) is 11.6. The number of carboxylic acids is 1. The van der Waals surface area contributed by atoms with Crippen LogP contribution in [0.15, 0.2) is 42.5 Å². The summed E-state index contributed by atoms with van der Waals surface area (Å²) in [6.07, 6.45) is -0.148. The molecule has 0 radical (unpaired) electrons. The number of amides is 1. The van der Waals surface area contributed by atoms with Crippen LogP contribution in [0.2, 0.25) is 5.02 Å². The van der Waals surface area contributed by atoms with Crippen molar-refractivity contribution in [2.45, 2.75) is 26.0 Å². The van der Waals surface area contributed by atoms with Crippen LogP contribution < -0.4 is 14.8 Å². The van der Waals surface area contributed by atoms with E-state index in [1.54, 1.807) is 37.3 Å². The van der Waals surface area contributed by atoms with Crippen LogP contribution in [-0.4, -0.2) is 30.1 Å². The minimum absolute atomic E-state index is 0.148. The molecule has 0 saturated heterocycles. The Labute approximate surface area is 156 Å². The molecule has 2 aromatic rings. The first-order valence-corrected chi connectivity index (χ1v) is 8.34. The van der Waals surface area contributed by atoms with Crippen molar-refractivity contribution in [3.05, 3.63) is 58.6 Å². The zero-order chi connectivity index (χ0) is 19.1. The Morgan fingerprint density at radius 2 is 1.85 bits per heavy atom. The smallest absolute Gasteiger partial charge is 0.305 e. The van der Waals surface area contributed by atoms with Crippen LogP contribution in [0.3, 0.4) is 0 Å². The topological polar surface area (TPSA) is 84.9 Å². The van der Waals surface area contributed by atoms with Gasteiger partial charge in [0, 0.05) is 16.6 Å². The third kappa shape index (κ3) is 5.67. The van der Waals surface area contributed by atoms with Crippen LogP contribution in [-0.2, 0) is 11.4 Å². The van der Waals surface area contributed by atoms with E-state index >= 15 is 0 Å². The Kier molecular flexibility index (Phi) is 6.86. The molecule has 1 atom stereocenters. The lowest BCUT2D eigenvalue weighted by atomic mass is 10.1. The number of hydrogen-bond donors (Lipinski definition) is 2.